The summed E-state index contributed by atoms with van der Waals surface area (Å²) >= 11 is 5.90. The van der Waals surface area contributed by atoms with Crippen LogP contribution in [0.3, 0.4) is 0 Å². The Hall–Kier alpha value is -1.07. The number of pyridine rings is 1. The summed E-state index contributed by atoms with van der Waals surface area (Å²) in [5.74, 6) is 0.537. The monoisotopic (exact) mass is 206 g/mol. The number of hydrogen-bond donors (Lipinski definition) is 0. The SMILES string of the molecule is CCC1CCc2cc(C#N)c(Cl)nc21. The molecule has 1 atom stereocenters. The van der Waals surface area contributed by atoms with Crippen LogP contribution in [0, 0.1) is 11.3 Å². The topological polar surface area (TPSA) is 36.7 Å². The van der Waals surface area contributed by atoms with Crippen molar-refractivity contribution in [1.29, 1.82) is 5.26 Å². The third-order valence-electron chi connectivity index (χ3n) is 2.85. The normalized spacial score (nSPS) is 19.1. The summed E-state index contributed by atoms with van der Waals surface area (Å²) < 4.78 is 0. The van der Waals surface area contributed by atoms with Crippen molar-refractivity contribution < 1.29 is 0 Å². The van der Waals surface area contributed by atoms with Crippen molar-refractivity contribution in [3.63, 3.8) is 0 Å². The lowest BCUT2D eigenvalue weighted by Gasteiger charge is -2.07. The summed E-state index contributed by atoms with van der Waals surface area (Å²) in [7, 11) is 0. The van der Waals surface area contributed by atoms with Gasteiger partial charge in [0, 0.05) is 11.6 Å². The molecule has 1 aromatic heterocycles. The maximum atomic E-state index is 8.80. The number of nitrogens with zero attached hydrogens (tertiary/aromatic N) is 2. The van der Waals surface area contributed by atoms with E-state index in [0.717, 1.165) is 25.0 Å². The predicted molar refractivity (Wildman–Crippen MR) is 55.3 cm³/mol. The van der Waals surface area contributed by atoms with E-state index in [9.17, 15) is 0 Å². The molecule has 0 saturated carbocycles. The summed E-state index contributed by atoms with van der Waals surface area (Å²) in [6.07, 6.45) is 3.28. The number of halogens is 1. The van der Waals surface area contributed by atoms with Crippen LogP contribution in [-0.2, 0) is 6.42 Å². The minimum absolute atomic E-state index is 0.353. The van der Waals surface area contributed by atoms with Crippen LogP contribution in [0.2, 0.25) is 5.15 Å². The van der Waals surface area contributed by atoms with Crippen LogP contribution >= 0.6 is 11.6 Å². The van der Waals surface area contributed by atoms with Gasteiger partial charge in [0.15, 0.2) is 0 Å². The van der Waals surface area contributed by atoms with E-state index >= 15 is 0 Å². The van der Waals surface area contributed by atoms with Gasteiger partial charge in [-0.1, -0.05) is 18.5 Å². The van der Waals surface area contributed by atoms with E-state index in [1.807, 2.05) is 6.07 Å². The fourth-order valence-electron chi connectivity index (χ4n) is 2.04. The summed E-state index contributed by atoms with van der Waals surface area (Å²) in [5.41, 5.74) is 2.82. The predicted octanol–water partition coefficient (Wildman–Crippen LogP) is 3.05. The second-order valence-corrected chi connectivity index (χ2v) is 3.98. The van der Waals surface area contributed by atoms with E-state index in [-0.39, 0.29) is 0 Å². The molecule has 1 aromatic rings. The molecular weight excluding hydrogens is 196 g/mol. The van der Waals surface area contributed by atoms with Crippen LogP contribution in [0.25, 0.3) is 0 Å². The molecule has 0 saturated heterocycles. The van der Waals surface area contributed by atoms with Gasteiger partial charge in [-0.2, -0.15) is 5.26 Å². The molecule has 72 valence electrons. The Labute approximate surface area is 88.5 Å². The quantitative estimate of drug-likeness (QED) is 0.663. The molecule has 1 unspecified atom stereocenters. The zero-order valence-corrected chi connectivity index (χ0v) is 8.80. The van der Waals surface area contributed by atoms with Gasteiger partial charge in [0.2, 0.25) is 0 Å². The summed E-state index contributed by atoms with van der Waals surface area (Å²) in [6.45, 7) is 2.16. The van der Waals surface area contributed by atoms with Gasteiger partial charge in [0.05, 0.1) is 5.56 Å². The lowest BCUT2D eigenvalue weighted by Crippen LogP contribution is -1.96. The van der Waals surface area contributed by atoms with Crippen LogP contribution in [0.1, 0.15) is 42.5 Å². The molecule has 1 heterocycles. The number of nitriles is 1. The Morgan fingerprint density at radius 1 is 1.71 bits per heavy atom. The van der Waals surface area contributed by atoms with Crippen LogP contribution < -0.4 is 0 Å². The van der Waals surface area contributed by atoms with Gasteiger partial charge in [-0.15, -0.1) is 0 Å². The van der Waals surface area contributed by atoms with Crippen LogP contribution in [0.4, 0.5) is 0 Å². The number of rotatable bonds is 1. The molecule has 0 radical (unpaired) electrons. The molecule has 0 fully saturated rings. The average molecular weight is 207 g/mol. The van der Waals surface area contributed by atoms with Gasteiger partial charge in [0.25, 0.3) is 0 Å². The van der Waals surface area contributed by atoms with Gasteiger partial charge in [-0.3, -0.25) is 0 Å². The van der Waals surface area contributed by atoms with E-state index in [0.29, 0.717) is 16.6 Å². The van der Waals surface area contributed by atoms with Gasteiger partial charge in [0.1, 0.15) is 11.2 Å². The van der Waals surface area contributed by atoms with E-state index in [1.165, 1.54) is 5.56 Å². The van der Waals surface area contributed by atoms with Gasteiger partial charge >= 0.3 is 0 Å². The number of aryl methyl sites for hydroxylation is 1. The van der Waals surface area contributed by atoms with Gasteiger partial charge in [-0.05, 0) is 30.9 Å². The molecule has 0 aromatic carbocycles. The fraction of sp³-hybridized carbons (Fsp3) is 0.455. The third-order valence-corrected chi connectivity index (χ3v) is 3.14. The second kappa shape index (κ2) is 3.59. The van der Waals surface area contributed by atoms with E-state index in [4.69, 9.17) is 16.9 Å². The van der Waals surface area contributed by atoms with Crippen molar-refractivity contribution in [1.82, 2.24) is 4.98 Å². The first-order valence-corrected chi connectivity index (χ1v) is 5.23. The minimum Gasteiger partial charge on any atom is -0.239 e. The Morgan fingerprint density at radius 2 is 2.50 bits per heavy atom. The minimum atomic E-state index is 0.353. The average Bonchev–Trinajstić information content (AvgIpc) is 2.58. The molecule has 1 aliphatic carbocycles. The maximum Gasteiger partial charge on any atom is 0.147 e. The van der Waals surface area contributed by atoms with Crippen molar-refractivity contribution in [3.8, 4) is 6.07 Å². The van der Waals surface area contributed by atoms with Crippen molar-refractivity contribution in [2.45, 2.75) is 32.1 Å². The molecule has 0 aliphatic heterocycles. The number of aromatic nitrogens is 1. The zero-order valence-electron chi connectivity index (χ0n) is 8.05. The second-order valence-electron chi connectivity index (χ2n) is 3.63. The Kier molecular flexibility index (Phi) is 2.43. The molecule has 1 aliphatic rings. The highest BCUT2D eigenvalue weighted by molar-refractivity contribution is 6.30. The first kappa shape index (κ1) is 9.48. The van der Waals surface area contributed by atoms with Gasteiger partial charge in [-0.25, -0.2) is 4.98 Å². The smallest absolute Gasteiger partial charge is 0.147 e. The molecule has 2 rings (SSSR count). The standard InChI is InChI=1S/C11H11ClN2/c1-2-7-3-4-8-5-9(6-13)11(12)14-10(7)8/h5,7H,2-4H2,1H3. The molecule has 0 amide bonds. The van der Waals surface area contributed by atoms with Crippen molar-refractivity contribution in [2.75, 3.05) is 0 Å². The highest BCUT2D eigenvalue weighted by Crippen LogP contribution is 2.35. The Bertz CT molecular complexity index is 406. The van der Waals surface area contributed by atoms with Crippen LogP contribution in [0.5, 0.6) is 0 Å². The molecule has 0 spiro atoms. The van der Waals surface area contributed by atoms with E-state index in [2.05, 4.69) is 18.0 Å². The summed E-state index contributed by atoms with van der Waals surface area (Å²) in [5, 5.41) is 9.15. The molecular formula is C11H11ClN2. The summed E-state index contributed by atoms with van der Waals surface area (Å²) in [6, 6.07) is 3.95. The number of hydrogen-bond acceptors (Lipinski definition) is 2. The fourth-order valence-corrected chi connectivity index (χ4v) is 2.23. The first-order chi connectivity index (χ1) is 6.76. The Morgan fingerprint density at radius 3 is 3.14 bits per heavy atom. The first-order valence-electron chi connectivity index (χ1n) is 4.85. The van der Waals surface area contributed by atoms with Gasteiger partial charge < -0.3 is 0 Å². The Balaban J connectivity index is 2.50. The van der Waals surface area contributed by atoms with E-state index < -0.39 is 0 Å². The zero-order chi connectivity index (χ0) is 10.1. The summed E-state index contributed by atoms with van der Waals surface area (Å²) in [4.78, 5) is 4.32. The third kappa shape index (κ3) is 1.38. The van der Waals surface area contributed by atoms with Crippen molar-refractivity contribution in [2.24, 2.45) is 0 Å². The number of fused-ring (bicyclic) bond motifs is 1. The molecule has 3 heteroatoms. The van der Waals surface area contributed by atoms with Crippen molar-refractivity contribution >= 4 is 11.6 Å². The molecule has 14 heavy (non-hydrogen) atoms. The lowest BCUT2D eigenvalue weighted by molar-refractivity contribution is 0.643. The molecule has 2 nitrogen and oxygen atoms in total. The molecule has 0 N–H and O–H groups in total. The lowest BCUT2D eigenvalue weighted by atomic mass is 10.0. The maximum absolute atomic E-state index is 8.80. The van der Waals surface area contributed by atoms with Crippen molar-refractivity contribution in [3.05, 3.63) is 28.0 Å². The molecule has 0 bridgehead atoms. The van der Waals surface area contributed by atoms with Crippen LogP contribution in [-0.4, -0.2) is 4.98 Å². The largest absolute Gasteiger partial charge is 0.239 e. The van der Waals surface area contributed by atoms with Crippen LogP contribution in [0.15, 0.2) is 6.07 Å². The highest BCUT2D eigenvalue weighted by atomic mass is 35.5. The van der Waals surface area contributed by atoms with E-state index in [1.54, 1.807) is 0 Å². The highest BCUT2D eigenvalue weighted by Gasteiger charge is 2.23.